The summed E-state index contributed by atoms with van der Waals surface area (Å²) in [6, 6.07) is 4.97. The molecule has 0 unspecified atom stereocenters. The molecule has 0 saturated heterocycles. The third-order valence-electron chi connectivity index (χ3n) is 5.05. The van der Waals surface area contributed by atoms with Gasteiger partial charge >= 0.3 is 0 Å². The second-order valence-electron chi connectivity index (χ2n) is 7.40. The quantitative estimate of drug-likeness (QED) is 0.341. The maximum absolute atomic E-state index is 14.2. The van der Waals surface area contributed by atoms with E-state index in [2.05, 4.69) is 30.5 Å². The summed E-state index contributed by atoms with van der Waals surface area (Å²) in [6.45, 7) is 4.03. The van der Waals surface area contributed by atoms with Crippen LogP contribution in [-0.2, 0) is 0 Å². The van der Waals surface area contributed by atoms with E-state index in [0.29, 0.717) is 38.4 Å². The summed E-state index contributed by atoms with van der Waals surface area (Å²) < 4.78 is 14.2. The predicted octanol–water partition coefficient (Wildman–Crippen LogP) is 3.56. The molecule has 150 valence electrons. The van der Waals surface area contributed by atoms with Crippen molar-refractivity contribution in [2.75, 3.05) is 11.1 Å². The molecule has 0 amide bonds. The molecule has 8 nitrogen and oxygen atoms in total. The zero-order chi connectivity index (χ0) is 21.0. The number of aromatic amines is 2. The van der Waals surface area contributed by atoms with E-state index in [1.54, 1.807) is 18.5 Å². The summed E-state index contributed by atoms with van der Waals surface area (Å²) in [7, 11) is 0. The molecule has 0 fully saturated rings. The molecule has 0 radical (unpaired) electrons. The van der Waals surface area contributed by atoms with Crippen molar-refractivity contribution < 1.29 is 4.39 Å². The Morgan fingerprint density at radius 1 is 1.10 bits per heavy atom. The van der Waals surface area contributed by atoms with E-state index in [0.717, 1.165) is 5.69 Å². The fourth-order valence-corrected chi connectivity index (χ4v) is 3.82. The first-order chi connectivity index (χ1) is 14.5. The third kappa shape index (κ3) is 2.59. The fraction of sp³-hybridized carbons (Fsp3) is 0.143. The highest BCUT2D eigenvalue weighted by Crippen LogP contribution is 2.39. The minimum Gasteiger partial charge on any atom is -0.394 e. The number of nitrogens with two attached hydrogens (primary N) is 1. The van der Waals surface area contributed by atoms with Gasteiger partial charge in [0, 0.05) is 34.8 Å². The minimum atomic E-state index is -0.449. The van der Waals surface area contributed by atoms with Crippen molar-refractivity contribution in [1.82, 2.24) is 25.1 Å². The van der Waals surface area contributed by atoms with Crippen molar-refractivity contribution in [3.8, 4) is 11.1 Å². The number of halogens is 1. The Balaban J connectivity index is 1.98. The van der Waals surface area contributed by atoms with Crippen molar-refractivity contribution in [3.63, 3.8) is 0 Å². The maximum atomic E-state index is 14.2. The molecule has 0 spiro atoms. The Bertz CT molecular complexity index is 1500. The van der Waals surface area contributed by atoms with Crippen LogP contribution in [0.1, 0.15) is 13.8 Å². The number of nitrogens with zero attached hydrogens (tertiary/aromatic N) is 3. The molecule has 3 aromatic heterocycles. The number of H-pyrrole nitrogens is 2. The van der Waals surface area contributed by atoms with Crippen LogP contribution in [0.5, 0.6) is 0 Å². The Morgan fingerprint density at radius 3 is 2.63 bits per heavy atom. The lowest BCUT2D eigenvalue weighted by Gasteiger charge is -2.17. The molecular formula is C21H18FN7O. The molecule has 30 heavy (non-hydrogen) atoms. The van der Waals surface area contributed by atoms with E-state index >= 15 is 0 Å². The van der Waals surface area contributed by atoms with Gasteiger partial charge in [-0.2, -0.15) is 5.10 Å². The van der Waals surface area contributed by atoms with Gasteiger partial charge < -0.3 is 16.0 Å². The lowest BCUT2D eigenvalue weighted by molar-refractivity contribution is 0.636. The van der Waals surface area contributed by atoms with Gasteiger partial charge in [-0.25, -0.2) is 4.39 Å². The van der Waals surface area contributed by atoms with Gasteiger partial charge in [-0.1, -0.05) is 6.07 Å². The van der Waals surface area contributed by atoms with E-state index in [-0.39, 0.29) is 17.2 Å². The van der Waals surface area contributed by atoms with Gasteiger partial charge in [0.15, 0.2) is 0 Å². The predicted molar refractivity (Wildman–Crippen MR) is 116 cm³/mol. The summed E-state index contributed by atoms with van der Waals surface area (Å²) in [6.07, 6.45) is 4.70. The Morgan fingerprint density at radius 2 is 1.87 bits per heavy atom. The van der Waals surface area contributed by atoms with Crippen molar-refractivity contribution in [3.05, 3.63) is 53.0 Å². The van der Waals surface area contributed by atoms with Crippen molar-refractivity contribution >= 4 is 44.2 Å². The van der Waals surface area contributed by atoms with Gasteiger partial charge in [-0.3, -0.25) is 19.9 Å². The van der Waals surface area contributed by atoms with E-state index in [9.17, 15) is 9.18 Å². The van der Waals surface area contributed by atoms with E-state index in [1.807, 2.05) is 19.9 Å². The molecule has 2 aromatic carbocycles. The molecular weight excluding hydrogens is 385 g/mol. The zero-order valence-electron chi connectivity index (χ0n) is 16.2. The van der Waals surface area contributed by atoms with Crippen molar-refractivity contribution in [2.45, 2.75) is 19.9 Å². The second-order valence-corrected chi connectivity index (χ2v) is 7.40. The second kappa shape index (κ2) is 6.51. The number of hydrogen-bond donors (Lipinski definition) is 4. The number of pyridine rings is 1. The highest BCUT2D eigenvalue weighted by molar-refractivity contribution is 6.16. The van der Waals surface area contributed by atoms with Gasteiger partial charge in [0.2, 0.25) is 0 Å². The third-order valence-corrected chi connectivity index (χ3v) is 5.05. The van der Waals surface area contributed by atoms with Gasteiger partial charge in [0.25, 0.3) is 5.56 Å². The van der Waals surface area contributed by atoms with Gasteiger partial charge in [-0.05, 0) is 31.5 Å². The molecule has 0 saturated carbocycles. The van der Waals surface area contributed by atoms with Crippen molar-refractivity contribution in [2.24, 2.45) is 0 Å². The Labute approximate surface area is 169 Å². The molecule has 0 aliphatic heterocycles. The number of anilines is 2. The molecule has 3 heterocycles. The number of nitrogen functional groups attached to an aromatic ring is 1. The highest BCUT2D eigenvalue weighted by Gasteiger charge is 2.20. The van der Waals surface area contributed by atoms with Crippen LogP contribution in [0.2, 0.25) is 0 Å². The van der Waals surface area contributed by atoms with Gasteiger partial charge in [0.05, 0.1) is 17.4 Å². The van der Waals surface area contributed by atoms with E-state index < -0.39 is 11.4 Å². The van der Waals surface area contributed by atoms with E-state index in [4.69, 9.17) is 5.73 Å². The number of hydrogen-bond acceptors (Lipinski definition) is 6. The number of rotatable bonds is 3. The SMILES string of the molecule is CC(C)Nc1cc2c(-c3ccc(F)c4[nH]ncc34)c(N)c(=O)[nH]c2c2nccnc12. The first kappa shape index (κ1) is 18.0. The van der Waals surface area contributed by atoms with Crippen LogP contribution in [0.15, 0.2) is 41.6 Å². The number of nitrogens with one attached hydrogen (secondary N) is 3. The Kier molecular flexibility index (Phi) is 3.92. The molecule has 5 N–H and O–H groups in total. The summed E-state index contributed by atoms with van der Waals surface area (Å²) in [5.74, 6) is -0.433. The molecule has 0 aliphatic rings. The van der Waals surface area contributed by atoms with Crippen LogP contribution in [0.25, 0.3) is 44.0 Å². The smallest absolute Gasteiger partial charge is 0.272 e. The molecule has 5 rings (SSSR count). The monoisotopic (exact) mass is 403 g/mol. The lowest BCUT2D eigenvalue weighted by atomic mass is 9.95. The summed E-state index contributed by atoms with van der Waals surface area (Å²) in [4.78, 5) is 24.5. The molecule has 0 aliphatic carbocycles. The number of aromatic nitrogens is 5. The number of benzene rings is 2. The standard InChI is InChI=1S/C21H18FN7O/c1-9(2)27-14-7-11-15(10-3-4-13(22)17-12(10)8-26-29-17)16(23)21(30)28-18(11)20-19(14)24-5-6-25-20/h3-9,27H,23H2,1-2H3,(H,26,29)(H,28,30). The van der Waals surface area contributed by atoms with Crippen LogP contribution in [0.3, 0.4) is 0 Å². The van der Waals surface area contributed by atoms with Crippen LogP contribution < -0.4 is 16.6 Å². The summed E-state index contributed by atoms with van der Waals surface area (Å²) in [5.41, 5.74) is 9.65. The Hall–Kier alpha value is -4.01. The number of fused-ring (bicyclic) bond motifs is 4. The van der Waals surface area contributed by atoms with E-state index in [1.165, 1.54) is 12.3 Å². The van der Waals surface area contributed by atoms with Crippen LogP contribution in [-0.4, -0.2) is 31.2 Å². The molecule has 0 atom stereocenters. The fourth-order valence-electron chi connectivity index (χ4n) is 3.82. The lowest BCUT2D eigenvalue weighted by Crippen LogP contribution is -2.15. The highest BCUT2D eigenvalue weighted by atomic mass is 19.1. The molecule has 5 aromatic rings. The minimum absolute atomic E-state index is 0.0374. The van der Waals surface area contributed by atoms with Gasteiger partial charge in [0.1, 0.15) is 28.1 Å². The van der Waals surface area contributed by atoms with Crippen LogP contribution in [0.4, 0.5) is 15.8 Å². The summed E-state index contributed by atoms with van der Waals surface area (Å²) in [5, 5.41) is 11.2. The average molecular weight is 403 g/mol. The van der Waals surface area contributed by atoms with Crippen molar-refractivity contribution in [1.29, 1.82) is 0 Å². The largest absolute Gasteiger partial charge is 0.394 e. The summed E-state index contributed by atoms with van der Waals surface area (Å²) >= 11 is 0. The molecule has 9 heteroatoms. The first-order valence-corrected chi connectivity index (χ1v) is 9.43. The first-order valence-electron chi connectivity index (χ1n) is 9.43. The van der Waals surface area contributed by atoms with Crippen LogP contribution in [0, 0.1) is 5.82 Å². The van der Waals surface area contributed by atoms with Gasteiger partial charge in [-0.15, -0.1) is 0 Å². The zero-order valence-corrected chi connectivity index (χ0v) is 16.2. The average Bonchev–Trinajstić information content (AvgIpc) is 3.22. The normalized spacial score (nSPS) is 11.7. The topological polar surface area (TPSA) is 125 Å². The van der Waals surface area contributed by atoms with Crippen LogP contribution >= 0.6 is 0 Å². The maximum Gasteiger partial charge on any atom is 0.272 e. The molecule has 0 bridgehead atoms.